The third-order valence-electron chi connectivity index (χ3n) is 4.64. The lowest BCUT2D eigenvalue weighted by Crippen LogP contribution is -2.56. The van der Waals surface area contributed by atoms with Gasteiger partial charge in [-0.25, -0.2) is 0 Å². The summed E-state index contributed by atoms with van der Waals surface area (Å²) in [6.07, 6.45) is 10.7. The first kappa shape index (κ1) is 16.0. The fourth-order valence-corrected chi connectivity index (χ4v) is 3.61. The Morgan fingerprint density at radius 3 is 2.28 bits per heavy atom. The Hall–Kier alpha value is -0.0800. The van der Waals surface area contributed by atoms with Crippen LogP contribution in [-0.4, -0.2) is 30.1 Å². The highest BCUT2D eigenvalue weighted by Crippen LogP contribution is 2.33. The summed E-state index contributed by atoms with van der Waals surface area (Å²) in [5.41, 5.74) is 6.51. The second kappa shape index (κ2) is 8.16. The Labute approximate surface area is 114 Å². The van der Waals surface area contributed by atoms with Gasteiger partial charge in [0.1, 0.15) is 0 Å². The molecular formula is C16H34N2. The molecule has 1 saturated carbocycles. The maximum atomic E-state index is 6.18. The van der Waals surface area contributed by atoms with E-state index >= 15 is 0 Å². The van der Waals surface area contributed by atoms with E-state index in [1.54, 1.807) is 0 Å². The van der Waals surface area contributed by atoms with Gasteiger partial charge in [-0.2, -0.15) is 0 Å². The van der Waals surface area contributed by atoms with Crippen LogP contribution in [0.3, 0.4) is 0 Å². The Morgan fingerprint density at radius 2 is 1.78 bits per heavy atom. The van der Waals surface area contributed by atoms with Crippen LogP contribution in [-0.2, 0) is 0 Å². The van der Waals surface area contributed by atoms with Gasteiger partial charge in [-0.05, 0) is 38.1 Å². The smallest absolute Gasteiger partial charge is 0.0331 e. The lowest BCUT2D eigenvalue weighted by atomic mass is 9.79. The second-order valence-corrected chi connectivity index (χ2v) is 6.33. The second-order valence-electron chi connectivity index (χ2n) is 6.33. The van der Waals surface area contributed by atoms with Gasteiger partial charge in [-0.15, -0.1) is 0 Å². The number of hydrogen-bond donors (Lipinski definition) is 1. The molecule has 0 aromatic heterocycles. The summed E-state index contributed by atoms with van der Waals surface area (Å²) in [5, 5.41) is 0. The zero-order chi connectivity index (χ0) is 13.4. The molecule has 0 bridgehead atoms. The Balaban J connectivity index is 2.67. The first-order chi connectivity index (χ1) is 8.68. The molecule has 1 aliphatic carbocycles. The summed E-state index contributed by atoms with van der Waals surface area (Å²) in [6, 6.07) is 0. The van der Waals surface area contributed by atoms with Crippen LogP contribution >= 0.6 is 0 Å². The lowest BCUT2D eigenvalue weighted by Gasteiger charge is -2.47. The van der Waals surface area contributed by atoms with Gasteiger partial charge < -0.3 is 5.73 Å². The first-order valence-electron chi connectivity index (χ1n) is 8.13. The lowest BCUT2D eigenvalue weighted by molar-refractivity contribution is 0.0433. The highest BCUT2D eigenvalue weighted by Gasteiger charge is 2.36. The zero-order valence-electron chi connectivity index (χ0n) is 12.9. The molecule has 0 saturated heterocycles. The van der Waals surface area contributed by atoms with Crippen LogP contribution in [0.1, 0.15) is 72.1 Å². The number of nitrogens with zero attached hydrogens (tertiary/aromatic N) is 1. The standard InChI is InChI=1S/C16H34N2/c1-4-9-15(3)13-18(12-5-2)16(14-17)10-7-6-8-11-16/h15H,4-14,17H2,1-3H3. The molecule has 108 valence electrons. The largest absolute Gasteiger partial charge is 0.329 e. The number of nitrogens with two attached hydrogens (primary N) is 1. The summed E-state index contributed by atoms with van der Waals surface area (Å²) in [7, 11) is 0. The predicted molar refractivity (Wildman–Crippen MR) is 80.8 cm³/mol. The fourth-order valence-electron chi connectivity index (χ4n) is 3.61. The average molecular weight is 254 g/mol. The van der Waals surface area contributed by atoms with E-state index in [1.165, 1.54) is 64.5 Å². The van der Waals surface area contributed by atoms with Crippen molar-refractivity contribution in [2.75, 3.05) is 19.6 Å². The molecule has 0 aliphatic heterocycles. The molecular weight excluding hydrogens is 220 g/mol. The normalized spacial score (nSPS) is 21.2. The molecule has 1 atom stereocenters. The minimum atomic E-state index is 0.330. The highest BCUT2D eigenvalue weighted by molar-refractivity contribution is 4.94. The van der Waals surface area contributed by atoms with Crippen LogP contribution in [0.4, 0.5) is 0 Å². The molecule has 1 fully saturated rings. The molecule has 1 aliphatic rings. The van der Waals surface area contributed by atoms with Crippen LogP contribution in [0, 0.1) is 5.92 Å². The summed E-state index contributed by atoms with van der Waals surface area (Å²) < 4.78 is 0. The van der Waals surface area contributed by atoms with Crippen LogP contribution < -0.4 is 5.73 Å². The average Bonchev–Trinajstić information content (AvgIpc) is 2.39. The monoisotopic (exact) mass is 254 g/mol. The van der Waals surface area contributed by atoms with Crippen molar-refractivity contribution in [3.05, 3.63) is 0 Å². The van der Waals surface area contributed by atoms with Gasteiger partial charge >= 0.3 is 0 Å². The van der Waals surface area contributed by atoms with Gasteiger partial charge in [-0.3, -0.25) is 4.90 Å². The topological polar surface area (TPSA) is 29.3 Å². The predicted octanol–water partition coefficient (Wildman–Crippen LogP) is 3.80. The Kier molecular flexibility index (Phi) is 7.25. The van der Waals surface area contributed by atoms with Crippen molar-refractivity contribution >= 4 is 0 Å². The minimum absolute atomic E-state index is 0.330. The van der Waals surface area contributed by atoms with E-state index in [1.807, 2.05) is 0 Å². The number of hydrogen-bond acceptors (Lipinski definition) is 2. The molecule has 2 nitrogen and oxygen atoms in total. The molecule has 0 amide bonds. The van der Waals surface area contributed by atoms with Gasteiger partial charge in [0.25, 0.3) is 0 Å². The van der Waals surface area contributed by atoms with Gasteiger partial charge in [0.2, 0.25) is 0 Å². The van der Waals surface area contributed by atoms with E-state index in [0.29, 0.717) is 5.54 Å². The van der Waals surface area contributed by atoms with Gasteiger partial charge in [0.15, 0.2) is 0 Å². The Morgan fingerprint density at radius 1 is 1.11 bits per heavy atom. The van der Waals surface area contributed by atoms with Crippen LogP contribution in [0.2, 0.25) is 0 Å². The molecule has 0 radical (unpaired) electrons. The van der Waals surface area contributed by atoms with Gasteiger partial charge in [0, 0.05) is 18.6 Å². The SMILES string of the molecule is CCCC(C)CN(CCC)C1(CN)CCCCC1. The summed E-state index contributed by atoms with van der Waals surface area (Å²) in [5.74, 6) is 0.812. The van der Waals surface area contributed by atoms with E-state index in [4.69, 9.17) is 5.73 Å². The van der Waals surface area contributed by atoms with E-state index in [9.17, 15) is 0 Å². The molecule has 0 aromatic carbocycles. The minimum Gasteiger partial charge on any atom is -0.329 e. The van der Waals surface area contributed by atoms with Crippen molar-refractivity contribution in [3.8, 4) is 0 Å². The molecule has 2 N–H and O–H groups in total. The third-order valence-corrected chi connectivity index (χ3v) is 4.64. The van der Waals surface area contributed by atoms with Crippen molar-refractivity contribution in [3.63, 3.8) is 0 Å². The van der Waals surface area contributed by atoms with E-state index in [-0.39, 0.29) is 0 Å². The number of rotatable bonds is 8. The first-order valence-corrected chi connectivity index (χ1v) is 8.13. The quantitative estimate of drug-likeness (QED) is 0.714. The third kappa shape index (κ3) is 4.24. The van der Waals surface area contributed by atoms with Crippen LogP contribution in [0.15, 0.2) is 0 Å². The van der Waals surface area contributed by atoms with Crippen molar-refractivity contribution < 1.29 is 0 Å². The maximum absolute atomic E-state index is 6.18. The van der Waals surface area contributed by atoms with Crippen LogP contribution in [0.5, 0.6) is 0 Å². The van der Waals surface area contributed by atoms with Gasteiger partial charge in [0.05, 0.1) is 0 Å². The fraction of sp³-hybridized carbons (Fsp3) is 1.00. The molecule has 0 heterocycles. The van der Waals surface area contributed by atoms with Crippen molar-refractivity contribution in [1.29, 1.82) is 0 Å². The Bertz CT molecular complexity index is 209. The van der Waals surface area contributed by atoms with Crippen LogP contribution in [0.25, 0.3) is 0 Å². The van der Waals surface area contributed by atoms with E-state index < -0.39 is 0 Å². The summed E-state index contributed by atoms with van der Waals surface area (Å²) in [4.78, 5) is 2.74. The van der Waals surface area contributed by atoms with Crippen molar-refractivity contribution in [2.45, 2.75) is 77.7 Å². The van der Waals surface area contributed by atoms with Crippen molar-refractivity contribution in [1.82, 2.24) is 4.90 Å². The highest BCUT2D eigenvalue weighted by atomic mass is 15.2. The van der Waals surface area contributed by atoms with Gasteiger partial charge in [-0.1, -0.05) is 46.5 Å². The molecule has 2 heteroatoms. The summed E-state index contributed by atoms with van der Waals surface area (Å²) in [6.45, 7) is 10.3. The molecule has 0 spiro atoms. The van der Waals surface area contributed by atoms with E-state index in [0.717, 1.165) is 12.5 Å². The molecule has 1 rings (SSSR count). The zero-order valence-corrected chi connectivity index (χ0v) is 12.9. The summed E-state index contributed by atoms with van der Waals surface area (Å²) >= 11 is 0. The maximum Gasteiger partial charge on any atom is 0.0331 e. The molecule has 1 unspecified atom stereocenters. The molecule has 18 heavy (non-hydrogen) atoms. The van der Waals surface area contributed by atoms with Crippen molar-refractivity contribution in [2.24, 2.45) is 11.7 Å². The molecule has 0 aromatic rings. The van der Waals surface area contributed by atoms with E-state index in [2.05, 4.69) is 25.7 Å².